The van der Waals surface area contributed by atoms with Gasteiger partial charge in [-0.3, -0.25) is 9.59 Å². The number of carbonyl (C=O) groups is 2. The highest BCUT2D eigenvalue weighted by Gasteiger charge is 2.77. The topological polar surface area (TPSA) is 89.1 Å². The number of amides is 2. The van der Waals surface area contributed by atoms with Crippen LogP contribution in [-0.4, -0.2) is 80.6 Å². The minimum Gasteiger partial charge on any atom is -0.373 e. The number of hydrogen-bond acceptors (Lipinski definition) is 6. The van der Waals surface area contributed by atoms with Crippen LogP contribution >= 0.6 is 0 Å². The Kier molecular flexibility index (Phi) is 9.35. The number of nitrogens with one attached hydrogen (secondary N) is 2. The van der Waals surface area contributed by atoms with Gasteiger partial charge in [0.1, 0.15) is 0 Å². The van der Waals surface area contributed by atoms with E-state index in [1.165, 1.54) is 57.8 Å². The number of hydrogen-bond donors (Lipinski definition) is 2. The number of rotatable bonds is 8. The van der Waals surface area contributed by atoms with Crippen molar-refractivity contribution in [3.05, 3.63) is 0 Å². The van der Waals surface area contributed by atoms with Crippen molar-refractivity contribution in [2.24, 2.45) is 45.3 Å². The van der Waals surface area contributed by atoms with E-state index >= 15 is 0 Å². The second-order valence-electron chi connectivity index (χ2n) is 18.1. The van der Waals surface area contributed by atoms with Crippen molar-refractivity contribution < 1.29 is 23.8 Å². The van der Waals surface area contributed by atoms with Gasteiger partial charge in [0.2, 0.25) is 11.8 Å². The Morgan fingerprint density at radius 3 is 2.60 bits per heavy atom. The molecule has 0 aromatic heterocycles. The van der Waals surface area contributed by atoms with Crippen molar-refractivity contribution >= 4 is 11.8 Å². The predicted molar refractivity (Wildman–Crippen MR) is 182 cm³/mol. The summed E-state index contributed by atoms with van der Waals surface area (Å²) in [6.07, 6.45) is 15.7. The lowest BCUT2D eigenvalue weighted by atomic mass is 9.52. The summed E-state index contributed by atoms with van der Waals surface area (Å²) in [5, 5.41) is 6.99. The number of nitrogens with zero attached hydrogens (tertiary/aromatic N) is 1. The van der Waals surface area contributed by atoms with Gasteiger partial charge >= 0.3 is 0 Å². The summed E-state index contributed by atoms with van der Waals surface area (Å²) < 4.78 is 20.0. The van der Waals surface area contributed by atoms with Gasteiger partial charge in [-0.05, 0) is 116 Å². The fraction of sp³-hybridized carbons (Fsp3) is 0.949. The molecule has 7 aliphatic rings. The zero-order valence-electron chi connectivity index (χ0n) is 30.4. The van der Waals surface area contributed by atoms with E-state index in [-0.39, 0.29) is 47.2 Å². The Morgan fingerprint density at radius 2 is 1.85 bits per heavy atom. The molecule has 8 heteroatoms. The van der Waals surface area contributed by atoms with Crippen LogP contribution in [0.2, 0.25) is 0 Å². The van der Waals surface area contributed by atoms with Crippen molar-refractivity contribution in [2.75, 3.05) is 33.3 Å². The second-order valence-corrected chi connectivity index (χ2v) is 18.1. The summed E-state index contributed by atoms with van der Waals surface area (Å²) >= 11 is 0. The first-order valence-corrected chi connectivity index (χ1v) is 19.6. The van der Waals surface area contributed by atoms with Crippen LogP contribution in [0.25, 0.3) is 0 Å². The molecule has 2 spiro atoms. The summed E-state index contributed by atoms with van der Waals surface area (Å²) in [6.45, 7) is 15.2. The SMILES string of the molecule is CC[C@]1(C)CC[C@@]23C[C@@]24CC[C@H](OC2CN(C(=O)CC5CC5)CCO2)C(C)(C)C4CC[C@H]3NCC2OC(CCC(=O)NC)CC(C)C21. The number of ether oxygens (including phenoxy) is 3. The van der Waals surface area contributed by atoms with E-state index in [2.05, 4.69) is 45.3 Å². The molecule has 0 bridgehead atoms. The molecule has 8 nitrogen and oxygen atoms in total. The molecule has 3 aliphatic heterocycles. The Balaban J connectivity index is 1.05. The molecule has 6 unspecified atom stereocenters. The van der Waals surface area contributed by atoms with E-state index in [4.69, 9.17) is 14.2 Å². The van der Waals surface area contributed by atoms with Gasteiger partial charge in [-0.25, -0.2) is 0 Å². The molecule has 4 saturated carbocycles. The van der Waals surface area contributed by atoms with Gasteiger partial charge in [0.05, 0.1) is 31.5 Å². The van der Waals surface area contributed by atoms with Crippen LogP contribution in [0.3, 0.4) is 0 Å². The molecule has 266 valence electrons. The highest BCUT2D eigenvalue weighted by Crippen LogP contribution is 2.82. The lowest BCUT2D eigenvalue weighted by Gasteiger charge is -2.56. The first-order chi connectivity index (χ1) is 22.4. The van der Waals surface area contributed by atoms with Crippen molar-refractivity contribution in [2.45, 2.75) is 155 Å². The zero-order chi connectivity index (χ0) is 33.2. The third-order valence-electron chi connectivity index (χ3n) is 15.3. The number of carbonyl (C=O) groups excluding carboxylic acids is 2. The van der Waals surface area contributed by atoms with E-state index in [0.29, 0.717) is 73.1 Å². The Hall–Kier alpha value is -1.22. The van der Waals surface area contributed by atoms with Gasteiger partial charge in [0.25, 0.3) is 0 Å². The number of fused-ring (bicyclic) bond motifs is 1. The summed E-state index contributed by atoms with van der Waals surface area (Å²) in [6, 6.07) is 0.546. The van der Waals surface area contributed by atoms with Gasteiger partial charge in [0.15, 0.2) is 6.29 Å². The maximum Gasteiger partial charge on any atom is 0.223 e. The molecule has 0 aromatic carbocycles. The van der Waals surface area contributed by atoms with Crippen LogP contribution in [0.5, 0.6) is 0 Å². The standard InChI is InChI=1S/C39H65N3O5/c1-7-37(5)16-17-39-24-38(39)15-14-31(47-34-23-42(18-19-45-34)33(44)21-26-8-9-26)36(3,4)29(38)11-12-30(39)41-22-28-35(37)25(2)20-27(46-28)10-13-32(43)40-6/h25-31,34-35,41H,7-24H2,1-6H3,(H,40,43)/t25?,27?,28?,29?,30-,31+,34?,35?,37-,38-,39+/m1/s1. The normalized spacial score (nSPS) is 46.0. The number of morpholine rings is 1. The van der Waals surface area contributed by atoms with Crippen molar-refractivity contribution in [1.82, 2.24) is 15.5 Å². The summed E-state index contributed by atoms with van der Waals surface area (Å²) in [4.78, 5) is 27.0. The molecule has 11 atom stereocenters. The largest absolute Gasteiger partial charge is 0.373 e. The monoisotopic (exact) mass is 655 g/mol. The van der Waals surface area contributed by atoms with Gasteiger partial charge in [-0.15, -0.1) is 0 Å². The van der Waals surface area contributed by atoms with Crippen LogP contribution in [-0.2, 0) is 23.8 Å². The lowest BCUT2D eigenvalue weighted by molar-refractivity contribution is -0.242. The Morgan fingerprint density at radius 1 is 1.04 bits per heavy atom. The van der Waals surface area contributed by atoms with E-state index < -0.39 is 0 Å². The highest BCUT2D eigenvalue weighted by atomic mass is 16.7. The first-order valence-electron chi connectivity index (χ1n) is 19.6. The predicted octanol–water partition coefficient (Wildman–Crippen LogP) is 6.07. The second kappa shape index (κ2) is 12.8. The smallest absolute Gasteiger partial charge is 0.223 e. The van der Waals surface area contributed by atoms with Crippen LogP contribution in [0.15, 0.2) is 0 Å². The fourth-order valence-corrected chi connectivity index (χ4v) is 12.4. The summed E-state index contributed by atoms with van der Waals surface area (Å²) in [5.74, 6) is 2.77. The molecule has 47 heavy (non-hydrogen) atoms. The fourth-order valence-electron chi connectivity index (χ4n) is 12.4. The zero-order valence-corrected chi connectivity index (χ0v) is 30.4. The summed E-state index contributed by atoms with van der Waals surface area (Å²) in [5.41, 5.74) is 1.05. The van der Waals surface area contributed by atoms with Crippen LogP contribution < -0.4 is 10.6 Å². The van der Waals surface area contributed by atoms with Crippen molar-refractivity contribution in [3.63, 3.8) is 0 Å². The molecule has 0 radical (unpaired) electrons. The molecule has 7 rings (SSSR count). The average molecular weight is 656 g/mol. The summed E-state index contributed by atoms with van der Waals surface area (Å²) in [7, 11) is 1.73. The van der Waals surface area contributed by atoms with E-state index in [0.717, 1.165) is 25.8 Å². The third kappa shape index (κ3) is 6.11. The third-order valence-corrected chi connectivity index (χ3v) is 15.3. The Labute approximate surface area is 284 Å². The molecule has 3 saturated heterocycles. The van der Waals surface area contributed by atoms with Gasteiger partial charge in [-0.1, -0.05) is 41.0 Å². The van der Waals surface area contributed by atoms with Gasteiger partial charge in [-0.2, -0.15) is 0 Å². The maximum atomic E-state index is 12.9. The van der Waals surface area contributed by atoms with Gasteiger partial charge < -0.3 is 29.7 Å². The minimum absolute atomic E-state index is 0.0620. The van der Waals surface area contributed by atoms with Crippen molar-refractivity contribution in [3.8, 4) is 0 Å². The van der Waals surface area contributed by atoms with E-state index in [1.54, 1.807) is 7.05 Å². The van der Waals surface area contributed by atoms with Crippen molar-refractivity contribution in [1.29, 1.82) is 0 Å². The van der Waals surface area contributed by atoms with E-state index in [1.807, 2.05) is 4.90 Å². The molecule has 0 aromatic rings. The maximum absolute atomic E-state index is 12.9. The van der Waals surface area contributed by atoms with E-state index in [9.17, 15) is 9.59 Å². The van der Waals surface area contributed by atoms with Crippen LogP contribution in [0.4, 0.5) is 0 Å². The molecule has 7 fully saturated rings. The first kappa shape index (κ1) is 34.2. The van der Waals surface area contributed by atoms with Crippen LogP contribution in [0, 0.1) is 45.3 Å². The molecular formula is C39H65N3O5. The Bertz CT molecular complexity index is 1180. The molecule has 4 aliphatic carbocycles. The van der Waals surface area contributed by atoms with Crippen LogP contribution in [0.1, 0.15) is 125 Å². The lowest BCUT2D eigenvalue weighted by Crippen LogP contribution is -2.57. The minimum atomic E-state index is -0.308. The molecule has 3 heterocycles. The molecule has 2 N–H and O–H groups in total. The quantitative estimate of drug-likeness (QED) is 0.330. The highest BCUT2D eigenvalue weighted by molar-refractivity contribution is 5.77. The molecular weight excluding hydrogens is 590 g/mol. The molecule has 2 amide bonds. The average Bonchev–Trinajstić information content (AvgIpc) is 3.98. The van der Waals surface area contributed by atoms with Gasteiger partial charge in [0, 0.05) is 39.0 Å².